The molecule has 0 unspecified atom stereocenters. The maximum absolute atomic E-state index is 12.4. The van der Waals surface area contributed by atoms with Crippen LogP contribution in [0.2, 0.25) is 0 Å². The first-order valence-electron chi connectivity index (χ1n) is 9.55. The molecule has 32 heavy (non-hydrogen) atoms. The summed E-state index contributed by atoms with van der Waals surface area (Å²) in [4.78, 5) is 24.8. The van der Waals surface area contributed by atoms with E-state index in [1.165, 1.54) is 20.4 Å². The first-order valence-corrected chi connectivity index (χ1v) is 10.3. The minimum atomic E-state index is -0.509. The molecule has 0 aliphatic rings. The van der Waals surface area contributed by atoms with Crippen molar-refractivity contribution in [2.45, 2.75) is 6.92 Å². The van der Waals surface area contributed by atoms with Gasteiger partial charge in [0, 0.05) is 0 Å². The van der Waals surface area contributed by atoms with Gasteiger partial charge in [0.05, 0.1) is 36.0 Å². The van der Waals surface area contributed by atoms with E-state index in [1.807, 2.05) is 19.1 Å². The molecule has 0 spiro atoms. The first kappa shape index (κ1) is 23.0. The number of carbonyl (C=O) groups is 2. The average molecular weight is 497 g/mol. The molecule has 164 valence electrons. The Balaban J connectivity index is 1.75. The summed E-state index contributed by atoms with van der Waals surface area (Å²) >= 11 is 3.40. The van der Waals surface area contributed by atoms with Crippen LogP contribution in [0.5, 0.6) is 17.2 Å². The van der Waals surface area contributed by atoms with Crippen LogP contribution in [0, 0.1) is 6.92 Å². The molecular weight excluding hydrogens is 476 g/mol. The predicted octanol–water partition coefficient (Wildman–Crippen LogP) is 4.76. The van der Waals surface area contributed by atoms with Crippen LogP contribution in [0.15, 0.2) is 70.2 Å². The highest BCUT2D eigenvalue weighted by atomic mass is 79.9. The van der Waals surface area contributed by atoms with Gasteiger partial charge in [-0.2, -0.15) is 5.10 Å². The van der Waals surface area contributed by atoms with Gasteiger partial charge in [-0.15, -0.1) is 0 Å². The number of nitrogens with zero attached hydrogens (tertiary/aromatic N) is 1. The Labute approximate surface area is 194 Å². The Morgan fingerprint density at radius 1 is 0.969 bits per heavy atom. The summed E-state index contributed by atoms with van der Waals surface area (Å²) in [5.41, 5.74) is 4.86. The summed E-state index contributed by atoms with van der Waals surface area (Å²) in [5, 5.41) is 4.01. The fraction of sp³-hybridized carbons (Fsp3) is 0.125. The molecule has 0 radical (unpaired) electrons. The molecule has 0 atom stereocenters. The quantitative estimate of drug-likeness (QED) is 0.220. The number of nitrogens with one attached hydrogen (secondary N) is 1. The number of halogens is 1. The number of esters is 1. The molecule has 0 aliphatic heterocycles. The van der Waals surface area contributed by atoms with Crippen LogP contribution >= 0.6 is 15.9 Å². The molecule has 0 heterocycles. The summed E-state index contributed by atoms with van der Waals surface area (Å²) in [7, 11) is 2.97. The Kier molecular flexibility index (Phi) is 7.62. The number of ether oxygens (including phenoxy) is 3. The van der Waals surface area contributed by atoms with Crippen molar-refractivity contribution < 1.29 is 23.8 Å². The zero-order chi connectivity index (χ0) is 23.1. The van der Waals surface area contributed by atoms with Gasteiger partial charge in [-0.25, -0.2) is 10.2 Å². The van der Waals surface area contributed by atoms with Crippen molar-refractivity contribution in [1.29, 1.82) is 0 Å². The summed E-state index contributed by atoms with van der Waals surface area (Å²) < 4.78 is 16.6. The number of aryl methyl sites for hydroxylation is 1. The van der Waals surface area contributed by atoms with E-state index < -0.39 is 11.9 Å². The molecule has 3 aromatic rings. The van der Waals surface area contributed by atoms with E-state index in [0.717, 1.165) is 5.56 Å². The molecule has 1 amide bonds. The molecule has 1 N–H and O–H groups in total. The monoisotopic (exact) mass is 496 g/mol. The number of amides is 1. The number of hydrogen-bond acceptors (Lipinski definition) is 6. The number of benzene rings is 3. The number of rotatable bonds is 7. The van der Waals surface area contributed by atoms with Crippen LogP contribution in [-0.4, -0.2) is 32.3 Å². The standard InChI is InChI=1S/C24H21BrN2O5/c1-15-9-10-18(20(11-15)30-2)23(28)27-26-14-16-12-19(25)22(21(13-16)31-3)32-24(29)17-7-5-4-6-8-17/h4-14H,1-3H3,(H,27,28)/b26-14-. The van der Waals surface area contributed by atoms with Crippen LogP contribution in [0.25, 0.3) is 0 Å². The van der Waals surface area contributed by atoms with E-state index in [-0.39, 0.29) is 5.75 Å². The summed E-state index contributed by atoms with van der Waals surface area (Å²) in [6.07, 6.45) is 1.45. The lowest BCUT2D eigenvalue weighted by molar-refractivity contribution is 0.0728. The molecule has 0 aromatic heterocycles. The van der Waals surface area contributed by atoms with E-state index >= 15 is 0 Å². The molecule has 0 aliphatic carbocycles. The molecule has 0 saturated carbocycles. The van der Waals surface area contributed by atoms with Gasteiger partial charge in [0.2, 0.25) is 0 Å². The van der Waals surface area contributed by atoms with Gasteiger partial charge >= 0.3 is 5.97 Å². The maximum atomic E-state index is 12.4. The minimum Gasteiger partial charge on any atom is -0.496 e. The van der Waals surface area contributed by atoms with Crippen molar-refractivity contribution >= 4 is 34.0 Å². The fourth-order valence-corrected chi connectivity index (χ4v) is 3.39. The van der Waals surface area contributed by atoms with Crippen LogP contribution in [0.4, 0.5) is 0 Å². The molecular formula is C24H21BrN2O5. The van der Waals surface area contributed by atoms with E-state index in [1.54, 1.807) is 48.5 Å². The Morgan fingerprint density at radius 3 is 2.38 bits per heavy atom. The minimum absolute atomic E-state index is 0.243. The van der Waals surface area contributed by atoms with E-state index in [4.69, 9.17) is 14.2 Å². The third-order valence-electron chi connectivity index (χ3n) is 4.44. The number of hydrogen-bond donors (Lipinski definition) is 1. The highest BCUT2D eigenvalue weighted by Gasteiger charge is 2.17. The highest BCUT2D eigenvalue weighted by Crippen LogP contribution is 2.36. The van der Waals surface area contributed by atoms with Crippen molar-refractivity contribution in [1.82, 2.24) is 5.43 Å². The van der Waals surface area contributed by atoms with Crippen molar-refractivity contribution in [3.8, 4) is 17.2 Å². The smallest absolute Gasteiger partial charge is 0.343 e. The lowest BCUT2D eigenvalue weighted by atomic mass is 10.1. The number of hydrazone groups is 1. The predicted molar refractivity (Wildman–Crippen MR) is 125 cm³/mol. The van der Waals surface area contributed by atoms with Crippen molar-refractivity contribution in [3.05, 3.63) is 87.4 Å². The van der Waals surface area contributed by atoms with Crippen LogP contribution in [0.3, 0.4) is 0 Å². The number of carbonyl (C=O) groups excluding carboxylic acids is 2. The van der Waals surface area contributed by atoms with Crippen molar-refractivity contribution in [3.63, 3.8) is 0 Å². The largest absolute Gasteiger partial charge is 0.496 e. The number of methoxy groups -OCH3 is 2. The van der Waals surface area contributed by atoms with E-state index in [2.05, 4.69) is 26.5 Å². The lowest BCUT2D eigenvalue weighted by Gasteiger charge is -2.12. The van der Waals surface area contributed by atoms with Gasteiger partial charge in [-0.05, 0) is 70.4 Å². The first-order chi connectivity index (χ1) is 15.4. The SMILES string of the molecule is COc1cc(C)ccc1C(=O)N/N=C\c1cc(Br)c(OC(=O)c2ccccc2)c(OC)c1. The van der Waals surface area contributed by atoms with Gasteiger partial charge in [0.15, 0.2) is 11.5 Å². The third kappa shape index (κ3) is 5.53. The van der Waals surface area contributed by atoms with Crippen LogP contribution in [-0.2, 0) is 0 Å². The summed E-state index contributed by atoms with van der Waals surface area (Å²) in [5.74, 6) is 0.123. The molecule has 8 heteroatoms. The van der Waals surface area contributed by atoms with Gasteiger partial charge in [-0.1, -0.05) is 24.3 Å². The van der Waals surface area contributed by atoms with Crippen LogP contribution < -0.4 is 19.6 Å². The molecule has 3 aromatic carbocycles. The van der Waals surface area contributed by atoms with E-state index in [9.17, 15) is 9.59 Å². The fourth-order valence-electron chi connectivity index (χ4n) is 2.85. The van der Waals surface area contributed by atoms with Gasteiger partial charge in [-0.3, -0.25) is 4.79 Å². The third-order valence-corrected chi connectivity index (χ3v) is 5.03. The molecule has 3 rings (SSSR count). The van der Waals surface area contributed by atoms with Crippen LogP contribution in [0.1, 0.15) is 31.8 Å². The topological polar surface area (TPSA) is 86.2 Å². The second-order valence-electron chi connectivity index (χ2n) is 6.69. The second kappa shape index (κ2) is 10.6. The highest BCUT2D eigenvalue weighted by molar-refractivity contribution is 9.10. The zero-order valence-electron chi connectivity index (χ0n) is 17.7. The van der Waals surface area contributed by atoms with Gasteiger partial charge in [0.1, 0.15) is 5.75 Å². The maximum Gasteiger partial charge on any atom is 0.343 e. The lowest BCUT2D eigenvalue weighted by Crippen LogP contribution is -2.18. The Hall–Kier alpha value is -3.65. The van der Waals surface area contributed by atoms with Gasteiger partial charge in [0.25, 0.3) is 5.91 Å². The Bertz CT molecular complexity index is 1160. The van der Waals surface area contributed by atoms with Crippen molar-refractivity contribution in [2.24, 2.45) is 5.10 Å². The van der Waals surface area contributed by atoms with Crippen molar-refractivity contribution in [2.75, 3.05) is 14.2 Å². The Morgan fingerprint density at radius 2 is 1.69 bits per heavy atom. The molecule has 7 nitrogen and oxygen atoms in total. The normalized spacial score (nSPS) is 10.6. The van der Waals surface area contributed by atoms with Gasteiger partial charge < -0.3 is 14.2 Å². The molecule has 0 bridgehead atoms. The average Bonchev–Trinajstić information content (AvgIpc) is 2.80. The van der Waals surface area contributed by atoms with E-state index in [0.29, 0.717) is 32.7 Å². The zero-order valence-corrected chi connectivity index (χ0v) is 19.3. The molecule has 0 fully saturated rings. The summed E-state index contributed by atoms with van der Waals surface area (Å²) in [6.45, 7) is 1.91. The second-order valence-corrected chi connectivity index (χ2v) is 7.55. The summed E-state index contributed by atoms with van der Waals surface area (Å²) in [6, 6.07) is 17.2. The molecule has 0 saturated heterocycles.